The molecule has 0 aliphatic carbocycles. The summed E-state index contributed by atoms with van der Waals surface area (Å²) in [6.45, 7) is 0. The standard InChI is InChI=1S/2Bi.2Mg.15O.5Ti/q2*+3;2*+2;;;;;;10*-1;;;;;. The van der Waals surface area contributed by atoms with Crippen molar-refractivity contribution in [1.82, 2.24) is 0 Å². The molecule has 4 radical (unpaired) electrons. The van der Waals surface area contributed by atoms with Gasteiger partial charge in [0.05, 0.1) is 0 Å². The minimum absolute atomic E-state index is 0. The van der Waals surface area contributed by atoms with Crippen LogP contribution in [-0.4, -0.2) is 98.5 Å². The molecule has 0 fully saturated rings. The van der Waals surface area contributed by atoms with Crippen molar-refractivity contribution in [3.63, 3.8) is 0 Å². The van der Waals surface area contributed by atoms with Crippen LogP contribution in [0.3, 0.4) is 0 Å². The Morgan fingerprint density at radius 2 is 0.333 bits per heavy atom. The summed E-state index contributed by atoms with van der Waals surface area (Å²) < 4.78 is 129. The van der Waals surface area contributed by atoms with Gasteiger partial charge in [-0.2, -0.15) is 0 Å². The van der Waals surface area contributed by atoms with Crippen molar-refractivity contribution in [2.75, 3.05) is 0 Å². The summed E-state index contributed by atoms with van der Waals surface area (Å²) >= 11 is -20.4. The molecule has 0 bridgehead atoms. The second-order valence-corrected chi connectivity index (χ2v) is 5.15. The SMILES string of the molecule is [Bi+3].[Bi+3].[Mg+2].[Mg+2].[O]=[Ti]([O-])[O-].[O]=[Ti]([O-])[O-].[O]=[Ti]([O-])[O-].[O]=[Ti]([O-])[O-].[O]=[Ti]([O-])[O-]. The van der Waals surface area contributed by atoms with Gasteiger partial charge in [-0.15, -0.1) is 0 Å². The Labute approximate surface area is 239 Å². The van der Waals surface area contributed by atoms with Crippen molar-refractivity contribution in [1.29, 1.82) is 0 Å². The zero-order chi connectivity index (χ0) is 17.9. The molecule has 0 rings (SSSR count). The van der Waals surface area contributed by atoms with Gasteiger partial charge in [0.25, 0.3) is 0 Å². The van der Waals surface area contributed by atoms with E-state index in [-0.39, 0.29) is 98.5 Å². The van der Waals surface area contributed by atoms with Gasteiger partial charge in [-0.1, -0.05) is 0 Å². The molecule has 0 aliphatic rings. The molecule has 0 unspecified atom stereocenters. The van der Waals surface area contributed by atoms with Gasteiger partial charge in [-0.3, -0.25) is 0 Å². The van der Waals surface area contributed by atoms with Gasteiger partial charge in [0.2, 0.25) is 0 Å². The van der Waals surface area contributed by atoms with Crippen LogP contribution in [0.1, 0.15) is 0 Å². The maximum atomic E-state index is 8.58. The van der Waals surface area contributed by atoms with E-state index in [1.807, 2.05) is 0 Å². The van der Waals surface area contributed by atoms with Crippen LogP contribution < -0.4 is 36.9 Å². The van der Waals surface area contributed by atoms with Crippen molar-refractivity contribution in [2.24, 2.45) is 0 Å². The Kier molecular flexibility index (Phi) is 122. The van der Waals surface area contributed by atoms with E-state index in [1.54, 1.807) is 0 Å². The van der Waals surface area contributed by atoms with E-state index in [1.165, 1.54) is 0 Å². The number of rotatable bonds is 0. The summed E-state index contributed by atoms with van der Waals surface area (Å²) in [6.07, 6.45) is 0. The van der Waals surface area contributed by atoms with Crippen LogP contribution in [0.15, 0.2) is 0 Å². The third-order valence-electron chi connectivity index (χ3n) is 0. The maximum absolute atomic E-state index is 8.58. The third-order valence-corrected chi connectivity index (χ3v) is 0. The van der Waals surface area contributed by atoms with Crippen LogP contribution in [0.25, 0.3) is 0 Å². The Morgan fingerprint density at radius 3 is 0.333 bits per heavy atom. The third kappa shape index (κ3) is 643. The molecule has 0 heterocycles. The fourth-order valence-corrected chi connectivity index (χ4v) is 0. The topological polar surface area (TPSA) is 316 Å². The summed E-state index contributed by atoms with van der Waals surface area (Å²) in [5.41, 5.74) is 0. The Bertz CT molecular complexity index is 221. The van der Waals surface area contributed by atoms with Gasteiger partial charge < -0.3 is 0 Å². The summed E-state index contributed by atoms with van der Waals surface area (Å²) in [4.78, 5) is 0. The van der Waals surface area contributed by atoms with E-state index >= 15 is 0 Å². The molecule has 24 heavy (non-hydrogen) atoms. The van der Waals surface area contributed by atoms with E-state index in [0.717, 1.165) is 0 Å². The Balaban J connectivity index is -0.0000000161. The summed E-state index contributed by atoms with van der Waals surface area (Å²) in [5, 5.41) is 0. The van der Waals surface area contributed by atoms with E-state index in [2.05, 4.69) is 0 Å². The molecule has 124 valence electrons. The van der Waals surface area contributed by atoms with Gasteiger partial charge in [-0.25, -0.2) is 0 Å². The van der Waals surface area contributed by atoms with Crippen LogP contribution >= 0.6 is 0 Å². The molecule has 15 nitrogen and oxygen atoms in total. The summed E-state index contributed by atoms with van der Waals surface area (Å²) in [6, 6.07) is 0. The predicted molar refractivity (Wildman–Crippen MR) is 26.4 cm³/mol. The van der Waals surface area contributed by atoms with Crippen molar-refractivity contribution >= 4 is 98.5 Å². The monoisotopic (exact) mass is 946 g/mol. The van der Waals surface area contributed by atoms with Crippen molar-refractivity contribution in [3.8, 4) is 0 Å². The first kappa shape index (κ1) is 57.0. The predicted octanol–water partition coefficient (Wildman–Crippen LogP) is -14.0. The zero-order valence-electron chi connectivity index (χ0n) is 10.9. The van der Waals surface area contributed by atoms with E-state index < -0.39 is 93.1 Å². The summed E-state index contributed by atoms with van der Waals surface area (Å²) in [7, 11) is 0. The van der Waals surface area contributed by atoms with Gasteiger partial charge >= 0.3 is 245 Å². The van der Waals surface area contributed by atoms with Crippen LogP contribution in [-0.2, 0) is 110 Å². The molecule has 0 amide bonds. The molecule has 0 aromatic carbocycles. The molecule has 0 N–H and O–H groups in total. The van der Waals surface area contributed by atoms with E-state index in [9.17, 15) is 0 Å². The van der Waals surface area contributed by atoms with Crippen LogP contribution in [0.5, 0.6) is 0 Å². The Morgan fingerprint density at radius 1 is 0.333 bits per heavy atom. The average molecular weight is 946 g/mol. The molecule has 0 aromatic heterocycles. The molecule has 0 atom stereocenters. The van der Waals surface area contributed by atoms with Gasteiger partial charge in [0.15, 0.2) is 0 Å². The molecule has 24 heteroatoms. The van der Waals surface area contributed by atoms with Crippen LogP contribution in [0.4, 0.5) is 0 Å². The van der Waals surface area contributed by atoms with E-state index in [0.29, 0.717) is 0 Å². The first-order valence-electron chi connectivity index (χ1n) is 3.06. The van der Waals surface area contributed by atoms with Crippen molar-refractivity contribution in [3.05, 3.63) is 0 Å². The van der Waals surface area contributed by atoms with Crippen LogP contribution in [0.2, 0.25) is 0 Å². The fraction of sp³-hybridized carbons (Fsp3) is 0. The normalized spacial score (nSPS) is 5.42. The quantitative estimate of drug-likeness (QED) is 0.204. The number of hydrogen-bond acceptors (Lipinski definition) is 15. The first-order valence-corrected chi connectivity index (χ1v) is 12.6. The molecule has 0 spiro atoms. The molecule has 0 saturated heterocycles. The van der Waals surface area contributed by atoms with Crippen molar-refractivity contribution < 1.29 is 147 Å². The van der Waals surface area contributed by atoms with Gasteiger partial charge in [0.1, 0.15) is 0 Å². The molecule has 0 saturated carbocycles. The average Bonchev–Trinajstić information content (AvgIpc) is 1.94. The zero-order valence-corrected chi connectivity index (χ0v) is 28.5. The minimum atomic E-state index is -4.08. The second kappa shape index (κ2) is 51.3. The summed E-state index contributed by atoms with van der Waals surface area (Å²) in [5.74, 6) is 0. The van der Waals surface area contributed by atoms with Crippen LogP contribution in [0, 0.1) is 0 Å². The van der Waals surface area contributed by atoms with Gasteiger partial charge in [0, 0.05) is 0 Å². The second-order valence-electron chi connectivity index (χ2n) is 1.25. The first-order chi connectivity index (χ1) is 8.66. The molecular weight excluding hydrogens is 946 g/mol. The molecule has 0 aliphatic heterocycles. The number of hydrogen-bond donors (Lipinski definition) is 0. The Hall–Kier alpha value is 5.47. The fourth-order valence-electron chi connectivity index (χ4n) is 0. The molecular formula is Bi2Mg2O15Ti5. The van der Waals surface area contributed by atoms with E-state index in [4.69, 9.17) is 53.5 Å². The van der Waals surface area contributed by atoms with Gasteiger partial charge in [-0.05, 0) is 0 Å². The molecule has 0 aromatic rings. The van der Waals surface area contributed by atoms with Crippen molar-refractivity contribution in [2.45, 2.75) is 0 Å².